The Labute approximate surface area is 194 Å². The number of nitrogen functional groups attached to an aromatic ring is 1. The van der Waals surface area contributed by atoms with Crippen LogP contribution in [-0.2, 0) is 6.54 Å². The summed E-state index contributed by atoms with van der Waals surface area (Å²) in [6.07, 6.45) is 2.78. The summed E-state index contributed by atoms with van der Waals surface area (Å²) in [4.78, 5) is 22.0. The predicted octanol–water partition coefficient (Wildman–Crippen LogP) is 4.03. The maximum absolute atomic E-state index is 14.4. The number of benzene rings is 1. The van der Waals surface area contributed by atoms with Gasteiger partial charge in [0.1, 0.15) is 11.9 Å². The van der Waals surface area contributed by atoms with Crippen LogP contribution in [0.4, 0.5) is 10.2 Å². The van der Waals surface area contributed by atoms with E-state index in [-0.39, 0.29) is 17.5 Å². The molecule has 34 heavy (non-hydrogen) atoms. The number of aromatic nitrogens is 4. The number of rotatable bonds is 1. The third-order valence-electron chi connectivity index (χ3n) is 6.38. The minimum Gasteiger partial charge on any atom is -0.482 e. The van der Waals surface area contributed by atoms with Gasteiger partial charge in [-0.15, -0.1) is 0 Å². The predicted molar refractivity (Wildman–Crippen MR) is 124 cm³/mol. The molecular weight excluding hydrogens is 435 g/mol. The molecule has 0 aliphatic carbocycles. The maximum Gasteiger partial charge on any atom is 0.272 e. The minimum atomic E-state index is -0.552. The van der Waals surface area contributed by atoms with Crippen LogP contribution in [0.1, 0.15) is 53.2 Å². The molecule has 0 fully saturated rings. The van der Waals surface area contributed by atoms with Gasteiger partial charge in [0.05, 0.1) is 17.4 Å². The summed E-state index contributed by atoms with van der Waals surface area (Å²) < 4.78 is 22.4. The average Bonchev–Trinajstić information content (AvgIpc) is 3.37. The number of halogens is 1. The van der Waals surface area contributed by atoms with Crippen LogP contribution in [0.15, 0.2) is 48.8 Å². The van der Waals surface area contributed by atoms with Crippen molar-refractivity contribution < 1.29 is 13.9 Å². The van der Waals surface area contributed by atoms with Gasteiger partial charge in [-0.3, -0.25) is 14.5 Å². The van der Waals surface area contributed by atoms with Crippen LogP contribution in [0.2, 0.25) is 0 Å². The Bertz CT molecular complexity index is 1480. The molecule has 1 amide bonds. The average molecular weight is 456 g/mol. The Morgan fingerprint density at radius 3 is 2.85 bits per heavy atom. The molecule has 0 saturated carbocycles. The second-order valence-electron chi connectivity index (χ2n) is 8.37. The number of amides is 1. The first-order valence-corrected chi connectivity index (χ1v) is 11.0. The van der Waals surface area contributed by atoms with Gasteiger partial charge in [-0.05, 0) is 44.2 Å². The van der Waals surface area contributed by atoms with Crippen molar-refractivity contribution in [3.8, 4) is 28.3 Å². The number of hydrogen-bond donors (Lipinski definition) is 2. The highest BCUT2D eigenvalue weighted by molar-refractivity contribution is 6.00. The zero-order valence-electron chi connectivity index (χ0n) is 18.5. The number of nitrogens with one attached hydrogen (secondary N) is 1. The lowest BCUT2D eigenvalue weighted by Crippen LogP contribution is -2.23. The van der Waals surface area contributed by atoms with Crippen LogP contribution in [0, 0.1) is 5.82 Å². The van der Waals surface area contributed by atoms with E-state index in [0.717, 1.165) is 22.4 Å². The second kappa shape index (κ2) is 7.38. The van der Waals surface area contributed by atoms with E-state index in [1.54, 1.807) is 29.2 Å². The molecule has 5 heterocycles. The van der Waals surface area contributed by atoms with Gasteiger partial charge in [0.15, 0.2) is 17.3 Å². The number of carbonyl (C=O) groups excluding carboxylic acids is 1. The third kappa shape index (κ3) is 2.89. The molecule has 0 saturated heterocycles. The van der Waals surface area contributed by atoms with E-state index in [1.165, 1.54) is 12.1 Å². The van der Waals surface area contributed by atoms with Gasteiger partial charge in [0, 0.05) is 46.8 Å². The maximum atomic E-state index is 14.4. The van der Waals surface area contributed by atoms with Crippen molar-refractivity contribution in [1.29, 1.82) is 0 Å². The molecule has 8 nitrogen and oxygen atoms in total. The molecule has 0 spiro atoms. The highest BCUT2D eigenvalue weighted by Gasteiger charge is 2.39. The number of aryl methyl sites for hydroxylation is 1. The van der Waals surface area contributed by atoms with Gasteiger partial charge in [0.2, 0.25) is 0 Å². The molecule has 2 aliphatic heterocycles. The number of nitrogens with two attached hydrogens (primary N) is 1. The van der Waals surface area contributed by atoms with Crippen molar-refractivity contribution in [2.24, 2.45) is 0 Å². The molecule has 2 aliphatic rings. The molecule has 1 aromatic carbocycles. The number of pyridine rings is 2. The first kappa shape index (κ1) is 20.3. The molecule has 170 valence electrons. The number of carbonyl (C=O) groups is 1. The topological polar surface area (TPSA) is 108 Å². The van der Waals surface area contributed by atoms with Crippen LogP contribution < -0.4 is 15.8 Å². The monoisotopic (exact) mass is 456 g/mol. The van der Waals surface area contributed by atoms with E-state index in [4.69, 9.17) is 10.5 Å². The summed E-state index contributed by atoms with van der Waals surface area (Å²) >= 11 is 0. The molecule has 4 aromatic rings. The number of hydrogen-bond acceptors (Lipinski definition) is 6. The lowest BCUT2D eigenvalue weighted by molar-refractivity contribution is 0.0954. The minimum absolute atomic E-state index is 0.217. The van der Waals surface area contributed by atoms with Crippen LogP contribution >= 0.6 is 0 Å². The van der Waals surface area contributed by atoms with Crippen molar-refractivity contribution in [2.75, 3.05) is 5.73 Å². The molecule has 2 atom stereocenters. The summed E-state index contributed by atoms with van der Waals surface area (Å²) in [6, 6.07) is 9.58. The first-order valence-electron chi connectivity index (χ1n) is 11.0. The number of nitrogens with zero attached hydrogens (tertiary/aromatic N) is 4. The molecule has 2 bridgehead atoms. The van der Waals surface area contributed by atoms with Gasteiger partial charge < -0.3 is 15.8 Å². The Hall–Kier alpha value is -4.27. The van der Waals surface area contributed by atoms with Gasteiger partial charge in [-0.1, -0.05) is 6.07 Å². The van der Waals surface area contributed by atoms with E-state index in [2.05, 4.69) is 20.4 Å². The standard InChI is InChI=1S/C25H21FN6O2/c1-3-32-23-13-9-18(24(27)29-11-13)34-12(2)17-10-14(26)6-7-15(17)20-16(5-4-8-28-20)21-19(23)22(31-32)25(33)30-21/h4-12,21H,3H2,1-2H3,(H2,27,29)(H,30,33)/t12-,21?/m1/s1. The number of fused-ring (bicyclic) bond motifs is 7. The Kier molecular flexibility index (Phi) is 4.41. The molecule has 6 rings (SSSR count). The van der Waals surface area contributed by atoms with Gasteiger partial charge in [-0.25, -0.2) is 9.37 Å². The smallest absolute Gasteiger partial charge is 0.272 e. The lowest BCUT2D eigenvalue weighted by atomic mass is 9.90. The van der Waals surface area contributed by atoms with E-state index in [1.807, 2.05) is 26.0 Å². The fourth-order valence-corrected chi connectivity index (χ4v) is 4.85. The summed E-state index contributed by atoms with van der Waals surface area (Å²) in [6.45, 7) is 4.35. The largest absolute Gasteiger partial charge is 0.482 e. The fraction of sp³-hybridized carbons (Fsp3) is 0.200. The van der Waals surface area contributed by atoms with E-state index < -0.39 is 12.1 Å². The summed E-state index contributed by atoms with van der Waals surface area (Å²) in [5.74, 6) is -0.0603. The van der Waals surface area contributed by atoms with Gasteiger partial charge in [0.25, 0.3) is 5.91 Å². The second-order valence-corrected chi connectivity index (χ2v) is 8.37. The molecule has 3 N–H and O–H groups in total. The fourth-order valence-electron chi connectivity index (χ4n) is 4.85. The summed E-state index contributed by atoms with van der Waals surface area (Å²) in [5.41, 5.74) is 11.5. The summed E-state index contributed by atoms with van der Waals surface area (Å²) in [5, 5.41) is 7.67. The zero-order valence-corrected chi connectivity index (χ0v) is 18.5. The first-order chi connectivity index (χ1) is 16.5. The Balaban J connectivity index is 1.73. The molecular formula is C25H21FN6O2. The molecule has 0 radical (unpaired) electrons. The van der Waals surface area contributed by atoms with Crippen molar-refractivity contribution in [3.63, 3.8) is 0 Å². The quantitative estimate of drug-likeness (QED) is 0.448. The van der Waals surface area contributed by atoms with E-state index in [0.29, 0.717) is 34.8 Å². The van der Waals surface area contributed by atoms with Crippen molar-refractivity contribution in [1.82, 2.24) is 25.1 Å². The summed E-state index contributed by atoms with van der Waals surface area (Å²) in [7, 11) is 0. The van der Waals surface area contributed by atoms with Crippen LogP contribution in [0.3, 0.4) is 0 Å². The normalized spacial score (nSPS) is 18.0. The zero-order chi connectivity index (χ0) is 23.6. The third-order valence-corrected chi connectivity index (χ3v) is 6.38. The van der Waals surface area contributed by atoms with Crippen LogP contribution in [0.25, 0.3) is 22.5 Å². The highest BCUT2D eigenvalue weighted by atomic mass is 19.1. The Morgan fingerprint density at radius 1 is 1.18 bits per heavy atom. The van der Waals surface area contributed by atoms with Crippen LogP contribution in [0.5, 0.6) is 5.75 Å². The van der Waals surface area contributed by atoms with Crippen molar-refractivity contribution in [3.05, 3.63) is 77.0 Å². The van der Waals surface area contributed by atoms with Crippen LogP contribution in [-0.4, -0.2) is 25.7 Å². The lowest BCUT2D eigenvalue weighted by Gasteiger charge is -2.24. The van der Waals surface area contributed by atoms with E-state index >= 15 is 0 Å². The molecule has 3 aromatic heterocycles. The van der Waals surface area contributed by atoms with Gasteiger partial charge in [-0.2, -0.15) is 5.10 Å². The molecule has 9 heteroatoms. The number of ether oxygens (including phenoxy) is 1. The molecule has 1 unspecified atom stereocenters. The van der Waals surface area contributed by atoms with Crippen molar-refractivity contribution in [2.45, 2.75) is 32.5 Å². The highest BCUT2D eigenvalue weighted by Crippen LogP contribution is 2.44. The Morgan fingerprint density at radius 2 is 2.03 bits per heavy atom. The van der Waals surface area contributed by atoms with Gasteiger partial charge >= 0.3 is 0 Å². The van der Waals surface area contributed by atoms with E-state index in [9.17, 15) is 9.18 Å². The SMILES string of the molecule is CCn1nc2c3c1-c1cnc(N)c(c1)O[C@H](C)c1cc(F)ccc1-c1ncccc1C3NC2=O. The number of anilines is 1. The van der Waals surface area contributed by atoms with Crippen molar-refractivity contribution >= 4 is 11.7 Å².